The molecular formula is C29H27N5O3S. The number of nitrogens with zero attached hydrogens (tertiary/aromatic N) is 3. The minimum absolute atomic E-state index is 0.0754. The fourth-order valence-electron chi connectivity index (χ4n) is 4.59. The minimum atomic E-state index is -0.565. The number of benzene rings is 2. The van der Waals surface area contributed by atoms with Crippen molar-refractivity contribution in [2.45, 2.75) is 25.8 Å². The smallest absolute Gasteiger partial charge is 0.247 e. The summed E-state index contributed by atoms with van der Waals surface area (Å²) in [5.41, 5.74) is 12.5. The normalized spacial score (nSPS) is 11.1. The molecule has 3 aromatic heterocycles. The Morgan fingerprint density at radius 2 is 1.76 bits per heavy atom. The van der Waals surface area contributed by atoms with Gasteiger partial charge in [-0.25, -0.2) is 15.4 Å². The number of nitrogens with two attached hydrogens (primary N) is 1. The Morgan fingerprint density at radius 3 is 2.50 bits per heavy atom. The maximum atomic E-state index is 13.7. The number of rotatable bonds is 10. The minimum Gasteiger partial charge on any atom is -0.340 e. The highest BCUT2D eigenvalue weighted by Gasteiger charge is 2.21. The zero-order chi connectivity index (χ0) is 26.5. The average Bonchev–Trinajstić information content (AvgIpc) is 3.55. The molecule has 0 spiro atoms. The zero-order valence-corrected chi connectivity index (χ0v) is 21.4. The van der Waals surface area contributed by atoms with Gasteiger partial charge >= 0.3 is 0 Å². The van der Waals surface area contributed by atoms with Crippen LogP contribution in [0.1, 0.15) is 33.6 Å². The summed E-state index contributed by atoms with van der Waals surface area (Å²) in [5, 5.41) is 10.1. The van der Waals surface area contributed by atoms with E-state index in [0.717, 1.165) is 46.4 Å². The monoisotopic (exact) mass is 525 g/mol. The first-order valence-electron chi connectivity index (χ1n) is 12.3. The number of ketones is 1. The number of unbranched alkanes of at least 4 members (excludes halogenated alkanes) is 1. The molecule has 5 rings (SSSR count). The van der Waals surface area contributed by atoms with Crippen molar-refractivity contribution < 1.29 is 14.8 Å². The highest BCUT2D eigenvalue weighted by Crippen LogP contribution is 2.35. The summed E-state index contributed by atoms with van der Waals surface area (Å²) in [7, 11) is 0. The van der Waals surface area contributed by atoms with Gasteiger partial charge < -0.3 is 10.3 Å². The van der Waals surface area contributed by atoms with Crippen molar-refractivity contribution in [3.8, 4) is 21.7 Å². The Morgan fingerprint density at radius 1 is 0.974 bits per heavy atom. The Bertz CT molecular complexity index is 1580. The number of hydrogen-bond acceptors (Lipinski definition) is 7. The molecule has 192 valence electrons. The highest BCUT2D eigenvalue weighted by molar-refractivity contribution is 7.17. The van der Waals surface area contributed by atoms with Crippen LogP contribution in [0.15, 0.2) is 79.4 Å². The number of thiophene rings is 1. The molecule has 0 aliphatic carbocycles. The Kier molecular flexibility index (Phi) is 7.69. The van der Waals surface area contributed by atoms with Gasteiger partial charge in [-0.05, 0) is 48.7 Å². The van der Waals surface area contributed by atoms with Crippen LogP contribution in [0.25, 0.3) is 32.6 Å². The van der Waals surface area contributed by atoms with Gasteiger partial charge in [0.1, 0.15) is 6.33 Å². The van der Waals surface area contributed by atoms with E-state index in [1.165, 1.54) is 17.7 Å². The van der Waals surface area contributed by atoms with Crippen molar-refractivity contribution in [2.24, 2.45) is 5.73 Å². The van der Waals surface area contributed by atoms with Crippen molar-refractivity contribution in [1.29, 1.82) is 0 Å². The number of aryl methyl sites for hydroxylation is 1. The van der Waals surface area contributed by atoms with Crippen LogP contribution < -0.4 is 11.2 Å². The second kappa shape index (κ2) is 11.5. The molecule has 0 unspecified atom stereocenters. The van der Waals surface area contributed by atoms with Crippen LogP contribution >= 0.6 is 11.3 Å². The third-order valence-electron chi connectivity index (χ3n) is 6.40. The number of aromatic nitrogens is 3. The molecule has 0 saturated heterocycles. The summed E-state index contributed by atoms with van der Waals surface area (Å²) in [6, 6.07) is 19.8. The first kappa shape index (κ1) is 25.5. The maximum absolute atomic E-state index is 13.7. The van der Waals surface area contributed by atoms with E-state index < -0.39 is 5.91 Å². The number of hydroxylamine groups is 1. The standard InChI is InChI=1S/C29H27N5O3S/c30-10-4-5-11-34-24(19-6-2-1-3-7-19)12-20-8-9-21(13-25(20)34)28(36)26-14-22(15-27(35)33-37)29(38-26)23-16-31-18-32-17-23/h1-3,6-9,12-14,16-18,37H,4-5,10-11,15,30H2,(H,33,35). The number of amides is 1. The number of carbonyl (C=O) groups excluding carboxylic acids is 2. The van der Waals surface area contributed by atoms with Gasteiger partial charge in [0.2, 0.25) is 11.7 Å². The van der Waals surface area contributed by atoms with Gasteiger partial charge in [0, 0.05) is 51.5 Å². The van der Waals surface area contributed by atoms with Gasteiger partial charge in [0.15, 0.2) is 0 Å². The molecule has 3 heterocycles. The van der Waals surface area contributed by atoms with Crippen LogP contribution in [-0.4, -0.2) is 38.0 Å². The fourth-order valence-corrected chi connectivity index (χ4v) is 5.70. The van der Waals surface area contributed by atoms with E-state index in [1.54, 1.807) is 23.9 Å². The third kappa shape index (κ3) is 5.26. The molecule has 0 radical (unpaired) electrons. The molecule has 0 fully saturated rings. The summed E-state index contributed by atoms with van der Waals surface area (Å²) >= 11 is 1.28. The molecule has 9 heteroatoms. The lowest BCUT2D eigenvalue weighted by atomic mass is 10.0. The molecule has 0 aliphatic rings. The summed E-state index contributed by atoms with van der Waals surface area (Å²) in [4.78, 5) is 35.0. The van der Waals surface area contributed by atoms with E-state index in [1.807, 2.05) is 36.4 Å². The van der Waals surface area contributed by atoms with Crippen LogP contribution in [0.5, 0.6) is 0 Å². The largest absolute Gasteiger partial charge is 0.340 e. The van der Waals surface area contributed by atoms with Gasteiger partial charge in [-0.2, -0.15) is 0 Å². The molecule has 4 N–H and O–H groups in total. The molecular weight excluding hydrogens is 498 g/mol. The quantitative estimate of drug-likeness (QED) is 0.104. The Labute approximate surface area is 223 Å². The molecule has 0 bridgehead atoms. The second-order valence-corrected chi connectivity index (χ2v) is 10.0. The van der Waals surface area contributed by atoms with Crippen LogP contribution in [-0.2, 0) is 17.8 Å². The summed E-state index contributed by atoms with van der Waals surface area (Å²) in [5.74, 6) is -0.702. The molecule has 1 amide bonds. The van der Waals surface area contributed by atoms with Crippen molar-refractivity contribution >= 4 is 33.9 Å². The molecule has 8 nitrogen and oxygen atoms in total. The second-order valence-electron chi connectivity index (χ2n) is 8.95. The first-order valence-corrected chi connectivity index (χ1v) is 13.1. The van der Waals surface area contributed by atoms with Crippen molar-refractivity contribution in [3.05, 3.63) is 95.4 Å². The predicted octanol–water partition coefficient (Wildman–Crippen LogP) is 4.84. The molecule has 2 aromatic carbocycles. The lowest BCUT2D eigenvalue weighted by Crippen LogP contribution is -2.20. The van der Waals surface area contributed by atoms with Gasteiger partial charge in [0.05, 0.1) is 11.3 Å². The maximum Gasteiger partial charge on any atom is 0.247 e. The van der Waals surface area contributed by atoms with Crippen molar-refractivity contribution in [1.82, 2.24) is 20.0 Å². The van der Waals surface area contributed by atoms with Crippen LogP contribution in [0, 0.1) is 0 Å². The van der Waals surface area contributed by atoms with E-state index >= 15 is 0 Å². The summed E-state index contributed by atoms with van der Waals surface area (Å²) in [6.07, 6.45) is 6.47. The number of fused-ring (bicyclic) bond motifs is 1. The van der Waals surface area contributed by atoms with Crippen molar-refractivity contribution in [3.63, 3.8) is 0 Å². The topological polar surface area (TPSA) is 123 Å². The van der Waals surface area contributed by atoms with E-state index in [2.05, 4.69) is 32.7 Å². The van der Waals surface area contributed by atoms with Crippen LogP contribution in [0.4, 0.5) is 0 Å². The van der Waals surface area contributed by atoms with E-state index in [0.29, 0.717) is 28.1 Å². The van der Waals surface area contributed by atoms with Gasteiger partial charge in [0.25, 0.3) is 0 Å². The molecule has 0 saturated carbocycles. The number of carbonyl (C=O) groups is 2. The average molecular weight is 526 g/mol. The predicted molar refractivity (Wildman–Crippen MR) is 148 cm³/mol. The first-order chi connectivity index (χ1) is 18.6. The Hall–Kier alpha value is -4.18. The lowest BCUT2D eigenvalue weighted by molar-refractivity contribution is -0.128. The highest BCUT2D eigenvalue weighted by atomic mass is 32.1. The van der Waals surface area contributed by atoms with E-state index in [-0.39, 0.29) is 12.2 Å². The fraction of sp³-hybridized carbons (Fsp3) is 0.172. The molecule has 0 atom stereocenters. The van der Waals surface area contributed by atoms with Crippen molar-refractivity contribution in [2.75, 3.05) is 6.54 Å². The number of nitrogens with one attached hydrogen (secondary N) is 1. The summed E-state index contributed by atoms with van der Waals surface area (Å²) in [6.45, 7) is 1.42. The van der Waals surface area contributed by atoms with Gasteiger partial charge in [-0.1, -0.05) is 42.5 Å². The molecule has 0 aliphatic heterocycles. The van der Waals surface area contributed by atoms with E-state index in [4.69, 9.17) is 10.9 Å². The number of hydrogen-bond donors (Lipinski definition) is 3. The van der Waals surface area contributed by atoms with Gasteiger partial charge in [-0.3, -0.25) is 14.8 Å². The zero-order valence-electron chi connectivity index (χ0n) is 20.6. The summed E-state index contributed by atoms with van der Waals surface area (Å²) < 4.78 is 2.26. The molecule has 38 heavy (non-hydrogen) atoms. The van der Waals surface area contributed by atoms with E-state index in [9.17, 15) is 9.59 Å². The SMILES string of the molecule is NCCCCn1c(-c2ccccc2)cc2ccc(C(=O)c3cc(CC(=O)NO)c(-c4cncnc4)s3)cc21. The van der Waals surface area contributed by atoms with Gasteiger partial charge in [-0.15, -0.1) is 11.3 Å². The Balaban J connectivity index is 1.56. The third-order valence-corrected chi connectivity index (χ3v) is 7.63. The lowest BCUT2D eigenvalue weighted by Gasteiger charge is -2.11. The van der Waals surface area contributed by atoms with Crippen LogP contribution in [0.2, 0.25) is 0 Å². The molecule has 5 aromatic rings. The van der Waals surface area contributed by atoms with Crippen LogP contribution in [0.3, 0.4) is 0 Å².